The number of nitrogens with zero attached hydrogens (tertiary/aromatic N) is 1. The van der Waals surface area contributed by atoms with E-state index in [4.69, 9.17) is 19.3 Å². The van der Waals surface area contributed by atoms with Gasteiger partial charge in [-0.1, -0.05) is 0 Å². The minimum Gasteiger partial charge on any atom is -0.479 e. The zero-order valence-corrected chi connectivity index (χ0v) is 8.98. The summed E-state index contributed by atoms with van der Waals surface area (Å²) in [6, 6.07) is 0. The van der Waals surface area contributed by atoms with Gasteiger partial charge in [0, 0.05) is 13.0 Å². The number of aliphatic hydroxyl groups is 1. The molecule has 0 radical (unpaired) electrons. The second-order valence-electron chi connectivity index (χ2n) is 3.18. The quantitative estimate of drug-likeness (QED) is 0.561. The predicted molar refractivity (Wildman–Crippen MR) is 56.2 cm³/mol. The molecule has 0 amide bonds. The van der Waals surface area contributed by atoms with E-state index in [1.165, 1.54) is 0 Å². The molecule has 1 aliphatic heterocycles. The maximum Gasteiger partial charge on any atom is 0.183 e. The highest BCUT2D eigenvalue weighted by Crippen LogP contribution is 2.01. The van der Waals surface area contributed by atoms with Gasteiger partial charge in [0.1, 0.15) is 6.61 Å². The molecule has 5 nitrogen and oxygen atoms in total. The lowest BCUT2D eigenvalue weighted by molar-refractivity contribution is 0.0327. The first-order valence-corrected chi connectivity index (χ1v) is 5.36. The average molecular weight is 217 g/mol. The molecule has 1 N–H and O–H groups in total. The first kappa shape index (κ1) is 12.4. The van der Waals surface area contributed by atoms with Gasteiger partial charge < -0.3 is 19.3 Å². The Hall–Kier alpha value is -0.650. The summed E-state index contributed by atoms with van der Waals surface area (Å²) < 4.78 is 15.6. The predicted octanol–water partition coefficient (Wildman–Crippen LogP) is 0.221. The molecule has 1 heterocycles. The van der Waals surface area contributed by atoms with Gasteiger partial charge in [-0.2, -0.15) is 0 Å². The smallest absolute Gasteiger partial charge is 0.183 e. The molecule has 0 saturated carbocycles. The Labute approximate surface area is 90.0 Å². The second-order valence-corrected chi connectivity index (χ2v) is 3.18. The van der Waals surface area contributed by atoms with E-state index in [9.17, 15) is 0 Å². The number of ether oxygens (including phenoxy) is 3. The van der Waals surface area contributed by atoms with Gasteiger partial charge in [-0.15, -0.1) is 0 Å². The van der Waals surface area contributed by atoms with Crippen LogP contribution >= 0.6 is 0 Å². The van der Waals surface area contributed by atoms with Crippen LogP contribution in [0.5, 0.6) is 0 Å². The molecule has 1 aliphatic rings. The molecule has 0 unspecified atom stereocenters. The van der Waals surface area contributed by atoms with E-state index in [1.807, 2.05) is 0 Å². The Kier molecular flexibility index (Phi) is 7.16. The normalized spacial score (nSPS) is 15.1. The fraction of sp³-hybridized carbons (Fsp3) is 0.900. The Morgan fingerprint density at radius 3 is 2.67 bits per heavy atom. The van der Waals surface area contributed by atoms with Crippen molar-refractivity contribution in [1.82, 2.24) is 0 Å². The fourth-order valence-corrected chi connectivity index (χ4v) is 1.24. The molecule has 0 spiro atoms. The largest absolute Gasteiger partial charge is 0.479 e. The van der Waals surface area contributed by atoms with Crippen LogP contribution in [0.25, 0.3) is 0 Å². The van der Waals surface area contributed by atoms with Crippen LogP contribution < -0.4 is 0 Å². The SMILES string of the molecule is OCCOCCOCCCC1=NCCO1. The second kappa shape index (κ2) is 8.64. The highest BCUT2D eigenvalue weighted by Gasteiger charge is 2.05. The number of hydrogen-bond acceptors (Lipinski definition) is 5. The maximum absolute atomic E-state index is 8.44. The summed E-state index contributed by atoms with van der Waals surface area (Å²) >= 11 is 0. The van der Waals surface area contributed by atoms with Crippen LogP contribution in [0.4, 0.5) is 0 Å². The lowest BCUT2D eigenvalue weighted by Crippen LogP contribution is -2.08. The third-order valence-corrected chi connectivity index (χ3v) is 1.94. The van der Waals surface area contributed by atoms with Crippen molar-refractivity contribution < 1.29 is 19.3 Å². The van der Waals surface area contributed by atoms with Crippen molar-refractivity contribution in [3.8, 4) is 0 Å². The van der Waals surface area contributed by atoms with Crippen molar-refractivity contribution in [2.24, 2.45) is 4.99 Å². The summed E-state index contributed by atoms with van der Waals surface area (Å²) in [5.74, 6) is 0.857. The summed E-state index contributed by atoms with van der Waals surface area (Å²) in [6.45, 7) is 3.79. The summed E-state index contributed by atoms with van der Waals surface area (Å²) in [6.07, 6.45) is 1.79. The van der Waals surface area contributed by atoms with Crippen molar-refractivity contribution in [2.75, 3.05) is 46.2 Å². The van der Waals surface area contributed by atoms with Gasteiger partial charge in [0.15, 0.2) is 5.90 Å². The van der Waals surface area contributed by atoms with Gasteiger partial charge in [0.25, 0.3) is 0 Å². The van der Waals surface area contributed by atoms with Gasteiger partial charge in [-0.3, -0.25) is 4.99 Å². The summed E-state index contributed by atoms with van der Waals surface area (Å²) in [7, 11) is 0. The molecular formula is C10H19NO4. The first-order chi connectivity index (χ1) is 7.43. The number of rotatable bonds is 9. The van der Waals surface area contributed by atoms with Gasteiger partial charge >= 0.3 is 0 Å². The van der Waals surface area contributed by atoms with E-state index in [2.05, 4.69) is 4.99 Å². The zero-order valence-electron chi connectivity index (χ0n) is 8.98. The standard InChI is InChI=1S/C10H19NO4/c12-4-7-14-9-8-13-5-1-2-10-11-3-6-15-10/h12H,1-9H2. The van der Waals surface area contributed by atoms with E-state index < -0.39 is 0 Å². The molecule has 15 heavy (non-hydrogen) atoms. The van der Waals surface area contributed by atoms with Gasteiger partial charge in [-0.25, -0.2) is 0 Å². The first-order valence-electron chi connectivity index (χ1n) is 5.36. The Morgan fingerprint density at radius 2 is 2.00 bits per heavy atom. The van der Waals surface area contributed by atoms with Crippen LogP contribution in [0, 0.1) is 0 Å². The zero-order chi connectivity index (χ0) is 10.8. The van der Waals surface area contributed by atoms with E-state index in [0.717, 1.165) is 31.9 Å². The Bertz CT molecular complexity index is 184. The molecule has 0 bridgehead atoms. The maximum atomic E-state index is 8.44. The van der Waals surface area contributed by atoms with Crippen LogP contribution in [-0.2, 0) is 14.2 Å². The summed E-state index contributed by atoms with van der Waals surface area (Å²) in [5, 5.41) is 8.44. The molecule has 5 heteroatoms. The minimum atomic E-state index is 0.0666. The van der Waals surface area contributed by atoms with Crippen LogP contribution in [0.2, 0.25) is 0 Å². The summed E-state index contributed by atoms with van der Waals surface area (Å²) in [4.78, 5) is 4.18. The molecule has 88 valence electrons. The molecule has 0 aromatic carbocycles. The van der Waals surface area contributed by atoms with E-state index in [1.54, 1.807) is 0 Å². The molecule has 0 aromatic rings. The highest BCUT2D eigenvalue weighted by atomic mass is 16.5. The van der Waals surface area contributed by atoms with Crippen LogP contribution in [0.1, 0.15) is 12.8 Å². The molecule has 0 atom stereocenters. The molecule has 0 fully saturated rings. The number of aliphatic imine (C=N–C) groups is 1. The van der Waals surface area contributed by atoms with E-state index >= 15 is 0 Å². The lowest BCUT2D eigenvalue weighted by atomic mass is 10.3. The Morgan fingerprint density at radius 1 is 1.20 bits per heavy atom. The minimum absolute atomic E-state index is 0.0666. The van der Waals surface area contributed by atoms with Crippen molar-refractivity contribution in [2.45, 2.75) is 12.8 Å². The van der Waals surface area contributed by atoms with Crippen LogP contribution in [-0.4, -0.2) is 57.2 Å². The van der Waals surface area contributed by atoms with Gasteiger partial charge in [0.05, 0.1) is 33.0 Å². The van der Waals surface area contributed by atoms with Crippen molar-refractivity contribution in [3.05, 3.63) is 0 Å². The van der Waals surface area contributed by atoms with Crippen molar-refractivity contribution in [3.63, 3.8) is 0 Å². The molecular weight excluding hydrogens is 198 g/mol. The van der Waals surface area contributed by atoms with Gasteiger partial charge in [0.2, 0.25) is 0 Å². The topological polar surface area (TPSA) is 60.3 Å². The monoisotopic (exact) mass is 217 g/mol. The third-order valence-electron chi connectivity index (χ3n) is 1.94. The molecule has 0 saturated heterocycles. The number of hydrogen-bond donors (Lipinski definition) is 1. The van der Waals surface area contributed by atoms with Crippen LogP contribution in [0.3, 0.4) is 0 Å². The lowest BCUT2D eigenvalue weighted by Gasteiger charge is -2.04. The van der Waals surface area contributed by atoms with Crippen LogP contribution in [0.15, 0.2) is 4.99 Å². The molecule has 0 aliphatic carbocycles. The summed E-state index contributed by atoms with van der Waals surface area (Å²) in [5.41, 5.74) is 0. The molecule has 1 rings (SSSR count). The van der Waals surface area contributed by atoms with Crippen molar-refractivity contribution >= 4 is 5.90 Å². The third kappa shape index (κ3) is 6.43. The van der Waals surface area contributed by atoms with Gasteiger partial charge in [-0.05, 0) is 6.42 Å². The van der Waals surface area contributed by atoms with E-state index in [0.29, 0.717) is 26.4 Å². The number of aliphatic hydroxyl groups excluding tert-OH is 1. The van der Waals surface area contributed by atoms with E-state index in [-0.39, 0.29) is 6.61 Å². The van der Waals surface area contributed by atoms with Crippen molar-refractivity contribution in [1.29, 1.82) is 0 Å². The fourth-order valence-electron chi connectivity index (χ4n) is 1.24. The highest BCUT2D eigenvalue weighted by molar-refractivity contribution is 5.77. The Balaban J connectivity index is 1.77. The molecule has 0 aromatic heterocycles. The average Bonchev–Trinajstić information content (AvgIpc) is 2.75.